The Bertz CT molecular complexity index is 426. The minimum atomic E-state index is -0.791. The van der Waals surface area contributed by atoms with Gasteiger partial charge in [0.2, 0.25) is 5.91 Å². The summed E-state index contributed by atoms with van der Waals surface area (Å²) in [6.45, 7) is 2.40. The van der Waals surface area contributed by atoms with Crippen LogP contribution in [0.2, 0.25) is 0 Å². The number of rotatable bonds is 6. The van der Waals surface area contributed by atoms with E-state index in [0.29, 0.717) is 12.5 Å². The van der Waals surface area contributed by atoms with Gasteiger partial charge in [0.25, 0.3) is 0 Å². The van der Waals surface area contributed by atoms with Crippen molar-refractivity contribution >= 4 is 17.9 Å². The van der Waals surface area contributed by atoms with E-state index in [2.05, 4.69) is 16.0 Å². The molecule has 7 heteroatoms. The molecule has 0 aromatic carbocycles. The summed E-state index contributed by atoms with van der Waals surface area (Å²) in [6, 6.07) is -0.669. The molecular formula is C14H23N3O4. The zero-order valence-electron chi connectivity index (χ0n) is 12.2. The first-order valence-corrected chi connectivity index (χ1v) is 7.56. The lowest BCUT2D eigenvalue weighted by molar-refractivity contribution is -0.144. The molecule has 2 rings (SSSR count). The molecule has 118 valence electrons. The minimum Gasteiger partial charge on any atom is -0.481 e. The largest absolute Gasteiger partial charge is 0.481 e. The van der Waals surface area contributed by atoms with Crippen molar-refractivity contribution in [3.05, 3.63) is 0 Å². The lowest BCUT2D eigenvalue weighted by Gasteiger charge is -2.28. The molecule has 4 unspecified atom stereocenters. The van der Waals surface area contributed by atoms with Gasteiger partial charge in [-0.15, -0.1) is 0 Å². The van der Waals surface area contributed by atoms with Crippen molar-refractivity contribution in [2.45, 2.75) is 38.6 Å². The summed E-state index contributed by atoms with van der Waals surface area (Å²) in [4.78, 5) is 34.4. The van der Waals surface area contributed by atoms with Crippen LogP contribution in [-0.2, 0) is 9.59 Å². The Hall–Kier alpha value is -1.63. The summed E-state index contributed by atoms with van der Waals surface area (Å²) in [5.74, 6) is -1.08. The van der Waals surface area contributed by atoms with Gasteiger partial charge in [0.05, 0.1) is 12.5 Å². The number of imide groups is 1. The third kappa shape index (κ3) is 3.72. The first kappa shape index (κ1) is 15.8. The SMILES string of the molecule is CCCNC(=O)NC(=O)CNC1C2CCC(C2)C1C(=O)O. The highest BCUT2D eigenvalue weighted by molar-refractivity contribution is 5.95. The van der Waals surface area contributed by atoms with Crippen LogP contribution in [0.3, 0.4) is 0 Å². The molecule has 21 heavy (non-hydrogen) atoms. The fraction of sp³-hybridized carbons (Fsp3) is 0.786. The van der Waals surface area contributed by atoms with Crippen LogP contribution in [0.5, 0.6) is 0 Å². The number of hydrogen-bond donors (Lipinski definition) is 4. The van der Waals surface area contributed by atoms with Crippen LogP contribution in [0.1, 0.15) is 32.6 Å². The van der Waals surface area contributed by atoms with Crippen molar-refractivity contribution in [2.24, 2.45) is 17.8 Å². The third-order valence-electron chi connectivity index (χ3n) is 4.49. The maximum absolute atomic E-state index is 11.7. The third-order valence-corrected chi connectivity index (χ3v) is 4.49. The summed E-state index contributed by atoms with van der Waals surface area (Å²) in [5, 5.41) is 17.1. The molecule has 4 atom stereocenters. The lowest BCUT2D eigenvalue weighted by atomic mass is 9.84. The van der Waals surface area contributed by atoms with Gasteiger partial charge in [-0.25, -0.2) is 4.79 Å². The fourth-order valence-electron chi connectivity index (χ4n) is 3.60. The van der Waals surface area contributed by atoms with E-state index in [4.69, 9.17) is 0 Å². The van der Waals surface area contributed by atoms with E-state index >= 15 is 0 Å². The average molecular weight is 297 g/mol. The molecule has 2 saturated carbocycles. The molecule has 2 aliphatic carbocycles. The van der Waals surface area contributed by atoms with Crippen LogP contribution in [0.15, 0.2) is 0 Å². The summed E-state index contributed by atoms with van der Waals surface area (Å²) in [6.07, 6.45) is 3.70. The van der Waals surface area contributed by atoms with Gasteiger partial charge in [-0.1, -0.05) is 6.92 Å². The van der Waals surface area contributed by atoms with E-state index in [1.54, 1.807) is 0 Å². The highest BCUT2D eigenvalue weighted by Gasteiger charge is 2.50. The van der Waals surface area contributed by atoms with Crippen LogP contribution in [0.25, 0.3) is 0 Å². The number of carbonyl (C=O) groups is 3. The van der Waals surface area contributed by atoms with Crippen molar-refractivity contribution < 1.29 is 19.5 Å². The molecule has 2 fully saturated rings. The predicted molar refractivity (Wildman–Crippen MR) is 75.6 cm³/mol. The van der Waals surface area contributed by atoms with Gasteiger partial charge >= 0.3 is 12.0 Å². The van der Waals surface area contributed by atoms with Crippen molar-refractivity contribution in [3.63, 3.8) is 0 Å². The lowest BCUT2D eigenvalue weighted by Crippen LogP contribution is -2.49. The molecule has 0 aromatic rings. The van der Waals surface area contributed by atoms with Crippen molar-refractivity contribution in [1.29, 1.82) is 0 Å². The molecule has 0 saturated heterocycles. The van der Waals surface area contributed by atoms with Crippen molar-refractivity contribution in [2.75, 3.05) is 13.1 Å². The van der Waals surface area contributed by atoms with E-state index in [0.717, 1.165) is 25.7 Å². The Kier molecular flexibility index (Phi) is 5.17. The summed E-state index contributed by atoms with van der Waals surface area (Å²) in [7, 11) is 0. The van der Waals surface area contributed by atoms with E-state index in [9.17, 15) is 19.5 Å². The number of aliphatic carboxylic acids is 1. The molecule has 0 aromatic heterocycles. The Balaban J connectivity index is 1.78. The molecular weight excluding hydrogens is 274 g/mol. The summed E-state index contributed by atoms with van der Waals surface area (Å²) < 4.78 is 0. The Morgan fingerprint density at radius 1 is 1.19 bits per heavy atom. The zero-order chi connectivity index (χ0) is 15.4. The van der Waals surface area contributed by atoms with E-state index in [-0.39, 0.29) is 18.5 Å². The number of carbonyl (C=O) groups excluding carboxylic acids is 2. The van der Waals surface area contributed by atoms with Crippen LogP contribution >= 0.6 is 0 Å². The summed E-state index contributed by atoms with van der Waals surface area (Å²) in [5.41, 5.74) is 0. The predicted octanol–water partition coefficient (Wildman–Crippen LogP) is 0.311. The monoisotopic (exact) mass is 297 g/mol. The normalized spacial score (nSPS) is 30.1. The quantitative estimate of drug-likeness (QED) is 0.564. The van der Waals surface area contributed by atoms with Crippen LogP contribution < -0.4 is 16.0 Å². The molecule has 2 bridgehead atoms. The Labute approximate surface area is 123 Å². The highest BCUT2D eigenvalue weighted by atomic mass is 16.4. The number of amides is 3. The molecule has 2 aliphatic rings. The van der Waals surface area contributed by atoms with Crippen LogP contribution in [0.4, 0.5) is 4.79 Å². The number of hydrogen-bond acceptors (Lipinski definition) is 4. The average Bonchev–Trinajstić information content (AvgIpc) is 3.03. The molecule has 0 spiro atoms. The minimum absolute atomic E-state index is 0.0305. The van der Waals surface area contributed by atoms with Gasteiger partial charge in [0.15, 0.2) is 0 Å². The number of carboxylic acids is 1. The van der Waals surface area contributed by atoms with Gasteiger partial charge in [0, 0.05) is 12.6 Å². The first-order valence-electron chi connectivity index (χ1n) is 7.56. The maximum Gasteiger partial charge on any atom is 0.321 e. The zero-order valence-corrected chi connectivity index (χ0v) is 12.2. The fourth-order valence-corrected chi connectivity index (χ4v) is 3.60. The topological polar surface area (TPSA) is 108 Å². The molecule has 0 aliphatic heterocycles. The molecule has 7 nitrogen and oxygen atoms in total. The van der Waals surface area contributed by atoms with Crippen molar-refractivity contribution in [1.82, 2.24) is 16.0 Å². The Morgan fingerprint density at radius 2 is 1.90 bits per heavy atom. The molecule has 4 N–H and O–H groups in total. The van der Waals surface area contributed by atoms with E-state index in [1.807, 2.05) is 6.92 Å². The second-order valence-electron chi connectivity index (χ2n) is 5.91. The number of urea groups is 1. The Morgan fingerprint density at radius 3 is 2.57 bits per heavy atom. The number of fused-ring (bicyclic) bond motifs is 2. The maximum atomic E-state index is 11.7. The number of carboxylic acid groups (broad SMARTS) is 1. The second-order valence-corrected chi connectivity index (χ2v) is 5.91. The van der Waals surface area contributed by atoms with Gasteiger partial charge in [0.1, 0.15) is 0 Å². The van der Waals surface area contributed by atoms with E-state index in [1.165, 1.54) is 0 Å². The number of nitrogens with one attached hydrogen (secondary N) is 3. The van der Waals surface area contributed by atoms with Crippen molar-refractivity contribution in [3.8, 4) is 0 Å². The summed E-state index contributed by atoms with van der Waals surface area (Å²) >= 11 is 0. The van der Waals surface area contributed by atoms with Gasteiger partial charge < -0.3 is 15.7 Å². The van der Waals surface area contributed by atoms with E-state index < -0.39 is 23.8 Å². The van der Waals surface area contributed by atoms with Gasteiger partial charge in [-0.05, 0) is 37.5 Å². The molecule has 0 radical (unpaired) electrons. The molecule has 0 heterocycles. The molecule has 3 amide bonds. The van der Waals surface area contributed by atoms with Crippen LogP contribution in [0, 0.1) is 17.8 Å². The smallest absolute Gasteiger partial charge is 0.321 e. The second kappa shape index (κ2) is 6.89. The first-order chi connectivity index (χ1) is 10.0. The standard InChI is InChI=1S/C14H23N3O4/c1-2-5-15-14(21)17-10(18)7-16-12-9-4-3-8(6-9)11(12)13(19)20/h8-9,11-12,16H,2-7H2,1H3,(H,19,20)(H2,15,17,18,21). The highest BCUT2D eigenvalue weighted by Crippen LogP contribution is 2.48. The van der Waals surface area contributed by atoms with Crippen LogP contribution in [-0.4, -0.2) is 42.1 Å². The van der Waals surface area contributed by atoms with Gasteiger partial charge in [-0.2, -0.15) is 0 Å². The van der Waals surface area contributed by atoms with Gasteiger partial charge in [-0.3, -0.25) is 14.9 Å².